The van der Waals surface area contributed by atoms with E-state index in [4.69, 9.17) is 5.21 Å². The molecule has 78 valence electrons. The van der Waals surface area contributed by atoms with Gasteiger partial charge >= 0.3 is 0 Å². The van der Waals surface area contributed by atoms with Crippen LogP contribution in [0.2, 0.25) is 0 Å². The van der Waals surface area contributed by atoms with Gasteiger partial charge < -0.3 is 5.21 Å². The Morgan fingerprint density at radius 3 is 2.31 bits per heavy atom. The maximum absolute atomic E-state index is 9.17. The van der Waals surface area contributed by atoms with E-state index < -0.39 is 0 Å². The van der Waals surface area contributed by atoms with Gasteiger partial charge in [0.15, 0.2) is 0 Å². The zero-order valence-corrected chi connectivity index (χ0v) is 10.5. The average Bonchev–Trinajstić information content (AvgIpc) is 2.65. The van der Waals surface area contributed by atoms with E-state index in [1.54, 1.807) is 0 Å². The van der Waals surface area contributed by atoms with Crippen LogP contribution in [0.1, 0.15) is 11.1 Å². The lowest BCUT2D eigenvalue weighted by molar-refractivity contribution is 0.320. The number of rotatable bonds is 0. The highest BCUT2D eigenvalue weighted by Crippen LogP contribution is 2.38. The summed E-state index contributed by atoms with van der Waals surface area (Å²) in [6.07, 6.45) is 0. The number of benzene rings is 2. The first-order chi connectivity index (χ1) is 7.83. The van der Waals surface area contributed by atoms with Crippen LogP contribution in [0.4, 0.5) is 0 Å². The first kappa shape index (κ1) is 9.84. The molecule has 1 aliphatic rings. The zero-order chi connectivity index (χ0) is 11.1. The molecule has 0 saturated heterocycles. The molecule has 0 spiro atoms. The minimum absolute atomic E-state index is 0.676. The highest BCUT2D eigenvalue weighted by Gasteiger charge is 2.26. The molecule has 0 fully saturated rings. The molecule has 3 heteroatoms. The van der Waals surface area contributed by atoms with Crippen molar-refractivity contribution in [3.05, 3.63) is 57.2 Å². The smallest absolute Gasteiger partial charge is 0.119 e. The molecular weight excluding hydrogens is 313 g/mol. The Bertz CT molecular complexity index is 605. The van der Waals surface area contributed by atoms with Crippen molar-refractivity contribution in [2.75, 3.05) is 0 Å². The number of nitrogens with zero attached hydrogens (tertiary/aromatic N) is 1. The largest absolute Gasteiger partial charge is 0.410 e. The molecule has 2 aromatic rings. The van der Waals surface area contributed by atoms with E-state index in [0.29, 0.717) is 5.71 Å². The van der Waals surface area contributed by atoms with Crippen molar-refractivity contribution in [2.45, 2.75) is 0 Å². The maximum Gasteiger partial charge on any atom is 0.119 e. The second-order valence-corrected chi connectivity index (χ2v) is 4.82. The lowest BCUT2D eigenvalue weighted by Gasteiger charge is -2.01. The second-order valence-electron chi connectivity index (χ2n) is 3.66. The first-order valence-corrected chi connectivity index (χ1v) is 6.01. The van der Waals surface area contributed by atoms with Crippen LogP contribution in [0.3, 0.4) is 0 Å². The molecule has 3 rings (SSSR count). The molecule has 2 nitrogen and oxygen atoms in total. The van der Waals surface area contributed by atoms with Crippen LogP contribution in [0, 0.1) is 3.57 Å². The molecule has 0 saturated carbocycles. The van der Waals surface area contributed by atoms with Crippen LogP contribution in [-0.4, -0.2) is 10.9 Å². The summed E-state index contributed by atoms with van der Waals surface area (Å²) >= 11 is 2.27. The fourth-order valence-electron chi connectivity index (χ4n) is 2.15. The van der Waals surface area contributed by atoms with Gasteiger partial charge in [0.1, 0.15) is 5.71 Å². The third kappa shape index (κ3) is 1.21. The van der Waals surface area contributed by atoms with Gasteiger partial charge in [0.05, 0.1) is 0 Å². The van der Waals surface area contributed by atoms with Crippen LogP contribution < -0.4 is 0 Å². The lowest BCUT2D eigenvalue weighted by Crippen LogP contribution is -1.99. The molecule has 2 aromatic carbocycles. The summed E-state index contributed by atoms with van der Waals surface area (Å²) in [6.45, 7) is 0. The lowest BCUT2D eigenvalue weighted by atomic mass is 10.1. The van der Waals surface area contributed by atoms with Gasteiger partial charge in [0, 0.05) is 14.7 Å². The van der Waals surface area contributed by atoms with Crippen LogP contribution in [0.25, 0.3) is 11.1 Å². The number of hydrogen-bond acceptors (Lipinski definition) is 2. The molecule has 0 unspecified atom stereocenters. The summed E-state index contributed by atoms with van der Waals surface area (Å²) < 4.78 is 1.11. The highest BCUT2D eigenvalue weighted by molar-refractivity contribution is 14.1. The zero-order valence-electron chi connectivity index (χ0n) is 8.31. The molecule has 0 aliphatic heterocycles. The summed E-state index contributed by atoms with van der Waals surface area (Å²) in [5.74, 6) is 0. The predicted octanol–water partition coefficient (Wildman–Crippen LogP) is 3.50. The molecule has 0 atom stereocenters. The van der Waals surface area contributed by atoms with Crippen molar-refractivity contribution in [3.63, 3.8) is 0 Å². The van der Waals surface area contributed by atoms with Gasteiger partial charge in [-0.1, -0.05) is 41.6 Å². The Kier molecular flexibility index (Phi) is 2.21. The quantitative estimate of drug-likeness (QED) is 0.384. The van der Waals surface area contributed by atoms with E-state index in [9.17, 15) is 0 Å². The summed E-state index contributed by atoms with van der Waals surface area (Å²) in [5.41, 5.74) is 5.01. The van der Waals surface area contributed by atoms with E-state index in [-0.39, 0.29) is 0 Å². The fourth-order valence-corrected chi connectivity index (χ4v) is 2.91. The normalized spacial score (nSPS) is 14.9. The summed E-state index contributed by atoms with van der Waals surface area (Å²) in [5, 5.41) is 12.6. The molecule has 0 heterocycles. The Balaban J connectivity index is 2.44. The van der Waals surface area contributed by atoms with Crippen molar-refractivity contribution in [1.29, 1.82) is 0 Å². The standard InChI is InChI=1S/C13H8INO/c14-11-7-3-6-9-8-4-1-2-5-10(8)13(15-16)12(9)11/h1-7,16H/b15-13+. The van der Waals surface area contributed by atoms with E-state index in [0.717, 1.165) is 25.8 Å². The molecule has 0 aromatic heterocycles. The number of fused-ring (bicyclic) bond motifs is 3. The Hall–Kier alpha value is -1.36. The summed E-state index contributed by atoms with van der Waals surface area (Å²) in [6, 6.07) is 14.1. The van der Waals surface area contributed by atoms with Gasteiger partial charge in [0.2, 0.25) is 0 Å². The van der Waals surface area contributed by atoms with Crippen molar-refractivity contribution >= 4 is 28.3 Å². The van der Waals surface area contributed by atoms with Gasteiger partial charge in [0.25, 0.3) is 0 Å². The SMILES string of the molecule is O/N=C1\c2ccccc2-c2cccc(I)c21. The molecular formula is C13H8INO. The molecule has 1 N–H and O–H groups in total. The number of oxime groups is 1. The Morgan fingerprint density at radius 2 is 1.56 bits per heavy atom. The summed E-state index contributed by atoms with van der Waals surface area (Å²) in [4.78, 5) is 0. The fraction of sp³-hybridized carbons (Fsp3) is 0. The molecule has 0 bridgehead atoms. The van der Waals surface area contributed by atoms with Gasteiger partial charge in [-0.15, -0.1) is 0 Å². The van der Waals surface area contributed by atoms with E-state index in [1.807, 2.05) is 30.3 Å². The van der Waals surface area contributed by atoms with E-state index >= 15 is 0 Å². The minimum Gasteiger partial charge on any atom is -0.410 e. The van der Waals surface area contributed by atoms with Crippen molar-refractivity contribution in [3.8, 4) is 11.1 Å². The average molecular weight is 321 g/mol. The van der Waals surface area contributed by atoms with Crippen molar-refractivity contribution < 1.29 is 5.21 Å². The van der Waals surface area contributed by atoms with Crippen LogP contribution in [0.5, 0.6) is 0 Å². The Morgan fingerprint density at radius 1 is 0.875 bits per heavy atom. The van der Waals surface area contributed by atoms with Gasteiger partial charge in [-0.25, -0.2) is 0 Å². The summed E-state index contributed by atoms with van der Waals surface area (Å²) in [7, 11) is 0. The maximum atomic E-state index is 9.17. The van der Waals surface area contributed by atoms with Gasteiger partial charge in [-0.2, -0.15) is 0 Å². The van der Waals surface area contributed by atoms with Crippen LogP contribution in [-0.2, 0) is 0 Å². The van der Waals surface area contributed by atoms with Gasteiger partial charge in [-0.05, 0) is 39.8 Å². The predicted molar refractivity (Wildman–Crippen MR) is 72.0 cm³/mol. The molecule has 0 radical (unpaired) electrons. The number of hydrogen-bond donors (Lipinski definition) is 1. The third-order valence-corrected chi connectivity index (χ3v) is 3.72. The molecule has 16 heavy (non-hydrogen) atoms. The highest BCUT2D eigenvalue weighted by atomic mass is 127. The molecule has 1 aliphatic carbocycles. The third-order valence-electron chi connectivity index (χ3n) is 2.82. The van der Waals surface area contributed by atoms with E-state index in [2.05, 4.69) is 39.9 Å². The van der Waals surface area contributed by atoms with Crippen LogP contribution >= 0.6 is 22.6 Å². The second kappa shape index (κ2) is 3.59. The van der Waals surface area contributed by atoms with Gasteiger partial charge in [-0.3, -0.25) is 0 Å². The van der Waals surface area contributed by atoms with Crippen molar-refractivity contribution in [2.24, 2.45) is 5.16 Å². The first-order valence-electron chi connectivity index (χ1n) is 4.93. The van der Waals surface area contributed by atoms with Crippen LogP contribution in [0.15, 0.2) is 47.6 Å². The number of halogens is 1. The Labute approximate surface area is 107 Å². The topological polar surface area (TPSA) is 32.6 Å². The van der Waals surface area contributed by atoms with E-state index in [1.165, 1.54) is 0 Å². The monoisotopic (exact) mass is 321 g/mol. The molecule has 0 amide bonds. The van der Waals surface area contributed by atoms with Crippen molar-refractivity contribution in [1.82, 2.24) is 0 Å². The minimum atomic E-state index is 0.676.